The van der Waals surface area contributed by atoms with Crippen LogP contribution in [0.3, 0.4) is 0 Å². The maximum Gasteiger partial charge on any atom is 0.0924 e. The summed E-state index contributed by atoms with van der Waals surface area (Å²) >= 11 is 6.18. The Hall–Kier alpha value is -1.10. The Balaban J connectivity index is 1.83. The molecular weight excluding hydrogens is 262 g/mol. The Labute approximate surface area is 116 Å². The van der Waals surface area contributed by atoms with Gasteiger partial charge in [-0.25, -0.2) is 0 Å². The molecule has 3 atom stereocenters. The molecule has 1 saturated carbocycles. The summed E-state index contributed by atoms with van der Waals surface area (Å²) < 4.78 is 0. The third-order valence-corrected chi connectivity index (χ3v) is 4.91. The van der Waals surface area contributed by atoms with Gasteiger partial charge in [-0.15, -0.1) is 0 Å². The van der Waals surface area contributed by atoms with Gasteiger partial charge in [0.05, 0.1) is 17.3 Å². The van der Waals surface area contributed by atoms with Crippen molar-refractivity contribution in [3.63, 3.8) is 0 Å². The summed E-state index contributed by atoms with van der Waals surface area (Å²) in [5, 5.41) is 23.2. The van der Waals surface area contributed by atoms with Crippen LogP contribution >= 0.6 is 11.6 Å². The van der Waals surface area contributed by atoms with Crippen molar-refractivity contribution in [1.82, 2.24) is 15.5 Å². The highest BCUT2D eigenvalue weighted by molar-refractivity contribution is 6.31. The lowest BCUT2D eigenvalue weighted by atomic mass is 9.89. The van der Waals surface area contributed by atoms with Crippen molar-refractivity contribution >= 4 is 22.5 Å². The van der Waals surface area contributed by atoms with E-state index in [1.54, 1.807) is 6.20 Å². The summed E-state index contributed by atoms with van der Waals surface area (Å²) in [6, 6.07) is 3.77. The number of aromatic nitrogens is 2. The molecule has 0 spiro atoms. The summed E-state index contributed by atoms with van der Waals surface area (Å²) in [6.07, 6.45) is 3.36. The van der Waals surface area contributed by atoms with E-state index in [2.05, 4.69) is 15.5 Å². The van der Waals surface area contributed by atoms with E-state index >= 15 is 0 Å². The summed E-state index contributed by atoms with van der Waals surface area (Å²) in [5.41, 5.74) is 1.05. The van der Waals surface area contributed by atoms with Gasteiger partial charge in [0.2, 0.25) is 0 Å². The van der Waals surface area contributed by atoms with Crippen LogP contribution in [-0.4, -0.2) is 28.4 Å². The van der Waals surface area contributed by atoms with Gasteiger partial charge >= 0.3 is 0 Å². The first kappa shape index (κ1) is 11.7. The number of aliphatic hydroxyl groups is 1. The SMILES string of the molecule is OC1(c2cc(Cl)cc3cn[nH]c23)C[C@H]2CNC[C@H]2C1. The molecule has 1 aromatic carbocycles. The van der Waals surface area contributed by atoms with E-state index in [-0.39, 0.29) is 0 Å². The molecule has 1 aromatic heterocycles. The fourth-order valence-corrected chi connectivity index (χ4v) is 4.05. The number of H-pyrrole nitrogens is 1. The molecule has 1 unspecified atom stereocenters. The number of nitrogens with one attached hydrogen (secondary N) is 2. The van der Waals surface area contributed by atoms with Crippen molar-refractivity contribution in [2.24, 2.45) is 11.8 Å². The van der Waals surface area contributed by atoms with E-state index in [9.17, 15) is 5.11 Å². The van der Waals surface area contributed by atoms with E-state index in [1.807, 2.05) is 12.1 Å². The van der Waals surface area contributed by atoms with Gasteiger partial charge in [0.1, 0.15) is 0 Å². The molecule has 4 nitrogen and oxygen atoms in total. The van der Waals surface area contributed by atoms with E-state index in [0.29, 0.717) is 16.9 Å². The van der Waals surface area contributed by atoms with Gasteiger partial charge in [-0.1, -0.05) is 11.6 Å². The first-order valence-corrected chi connectivity index (χ1v) is 7.10. The van der Waals surface area contributed by atoms with Crippen LogP contribution in [0, 0.1) is 11.8 Å². The summed E-state index contributed by atoms with van der Waals surface area (Å²) in [4.78, 5) is 0. The van der Waals surface area contributed by atoms with Gasteiger partial charge < -0.3 is 10.4 Å². The second kappa shape index (κ2) is 3.95. The molecule has 0 bridgehead atoms. The van der Waals surface area contributed by atoms with Crippen LogP contribution in [-0.2, 0) is 5.60 Å². The first-order chi connectivity index (χ1) is 9.16. The van der Waals surface area contributed by atoms with Crippen LogP contribution in [0.1, 0.15) is 18.4 Å². The van der Waals surface area contributed by atoms with Gasteiger partial charge in [-0.05, 0) is 49.9 Å². The maximum atomic E-state index is 11.1. The molecule has 100 valence electrons. The molecule has 2 heterocycles. The topological polar surface area (TPSA) is 60.9 Å². The molecule has 4 rings (SSSR count). The highest BCUT2D eigenvalue weighted by atomic mass is 35.5. The second-order valence-electron chi connectivity index (χ2n) is 5.91. The number of aromatic amines is 1. The smallest absolute Gasteiger partial charge is 0.0924 e. The zero-order valence-electron chi connectivity index (χ0n) is 10.5. The zero-order chi connectivity index (χ0) is 13.0. The number of hydrogen-bond acceptors (Lipinski definition) is 3. The molecule has 1 aliphatic carbocycles. The Morgan fingerprint density at radius 1 is 1.26 bits per heavy atom. The fourth-order valence-electron chi connectivity index (χ4n) is 3.82. The standard InChI is InChI=1S/C14H16ClN3O/c15-11-1-8-7-17-18-13(8)12(2-11)14(19)3-9-5-16-6-10(9)4-14/h1-2,7,9-10,16,19H,3-6H2,(H,17,18)/t9-,10+,14?. The van der Waals surface area contributed by atoms with Crippen molar-refractivity contribution < 1.29 is 5.11 Å². The Bertz CT molecular complexity index is 627. The second-order valence-corrected chi connectivity index (χ2v) is 6.34. The molecular formula is C14H16ClN3O. The van der Waals surface area contributed by atoms with Crippen LogP contribution in [0.4, 0.5) is 0 Å². The van der Waals surface area contributed by atoms with Crippen LogP contribution in [0.25, 0.3) is 10.9 Å². The number of nitrogens with zero attached hydrogens (tertiary/aromatic N) is 1. The van der Waals surface area contributed by atoms with Gasteiger partial charge in [-0.3, -0.25) is 5.10 Å². The molecule has 2 aliphatic rings. The molecule has 0 amide bonds. The molecule has 1 saturated heterocycles. The molecule has 19 heavy (non-hydrogen) atoms. The van der Waals surface area contributed by atoms with Gasteiger partial charge in [0, 0.05) is 16.0 Å². The van der Waals surface area contributed by atoms with Crippen LogP contribution in [0.2, 0.25) is 5.02 Å². The number of benzene rings is 1. The van der Waals surface area contributed by atoms with E-state index in [4.69, 9.17) is 11.6 Å². The van der Waals surface area contributed by atoms with Gasteiger partial charge in [0.15, 0.2) is 0 Å². The lowest BCUT2D eigenvalue weighted by molar-refractivity contribution is 0.0372. The van der Waals surface area contributed by atoms with E-state index in [0.717, 1.165) is 42.4 Å². The van der Waals surface area contributed by atoms with Crippen molar-refractivity contribution in [1.29, 1.82) is 0 Å². The molecule has 2 aromatic rings. The number of fused-ring (bicyclic) bond motifs is 2. The summed E-state index contributed by atoms with van der Waals surface area (Å²) in [6.45, 7) is 2.03. The Morgan fingerprint density at radius 2 is 2.00 bits per heavy atom. The van der Waals surface area contributed by atoms with Crippen molar-refractivity contribution in [2.45, 2.75) is 18.4 Å². The summed E-state index contributed by atoms with van der Waals surface area (Å²) in [5.74, 6) is 1.14. The van der Waals surface area contributed by atoms with Gasteiger partial charge in [0.25, 0.3) is 0 Å². The lowest BCUT2D eigenvalue weighted by Gasteiger charge is -2.25. The number of halogens is 1. The highest BCUT2D eigenvalue weighted by Gasteiger charge is 2.47. The third kappa shape index (κ3) is 1.71. The first-order valence-electron chi connectivity index (χ1n) is 6.72. The van der Waals surface area contributed by atoms with Crippen molar-refractivity contribution in [3.05, 3.63) is 28.9 Å². The van der Waals surface area contributed by atoms with Crippen molar-refractivity contribution in [3.8, 4) is 0 Å². The lowest BCUT2D eigenvalue weighted by Crippen LogP contribution is -2.26. The monoisotopic (exact) mass is 277 g/mol. The molecule has 3 N–H and O–H groups in total. The predicted molar refractivity (Wildman–Crippen MR) is 74.1 cm³/mol. The molecule has 5 heteroatoms. The van der Waals surface area contributed by atoms with Crippen molar-refractivity contribution in [2.75, 3.05) is 13.1 Å². The normalized spacial score (nSPS) is 34.0. The number of rotatable bonds is 1. The van der Waals surface area contributed by atoms with E-state index in [1.165, 1.54) is 0 Å². The minimum Gasteiger partial charge on any atom is -0.385 e. The van der Waals surface area contributed by atoms with Gasteiger partial charge in [-0.2, -0.15) is 5.10 Å². The fraction of sp³-hybridized carbons (Fsp3) is 0.500. The zero-order valence-corrected chi connectivity index (χ0v) is 11.2. The third-order valence-electron chi connectivity index (χ3n) is 4.69. The summed E-state index contributed by atoms with van der Waals surface area (Å²) in [7, 11) is 0. The average Bonchev–Trinajstić information content (AvgIpc) is 3.01. The van der Waals surface area contributed by atoms with Crippen LogP contribution in [0.5, 0.6) is 0 Å². The van der Waals surface area contributed by atoms with E-state index < -0.39 is 5.60 Å². The maximum absolute atomic E-state index is 11.1. The Morgan fingerprint density at radius 3 is 2.74 bits per heavy atom. The number of hydrogen-bond donors (Lipinski definition) is 3. The largest absolute Gasteiger partial charge is 0.385 e. The minimum absolute atomic E-state index is 0.571. The highest BCUT2D eigenvalue weighted by Crippen LogP contribution is 2.48. The van der Waals surface area contributed by atoms with Crippen LogP contribution < -0.4 is 5.32 Å². The molecule has 0 radical (unpaired) electrons. The minimum atomic E-state index is -0.771. The Kier molecular flexibility index (Phi) is 2.43. The quantitative estimate of drug-likeness (QED) is 0.747. The molecule has 1 aliphatic heterocycles. The predicted octanol–water partition coefficient (Wildman–Crippen LogP) is 2.03. The average molecular weight is 278 g/mol. The van der Waals surface area contributed by atoms with Crippen LogP contribution in [0.15, 0.2) is 18.3 Å². The molecule has 2 fully saturated rings.